The summed E-state index contributed by atoms with van der Waals surface area (Å²) in [6, 6.07) is 10.1. The molecule has 1 aliphatic rings. The molecule has 0 bridgehead atoms. The highest BCUT2D eigenvalue weighted by molar-refractivity contribution is 6.04. The van der Waals surface area contributed by atoms with Gasteiger partial charge in [-0.1, -0.05) is 12.1 Å². The Morgan fingerprint density at radius 2 is 1.93 bits per heavy atom. The van der Waals surface area contributed by atoms with Gasteiger partial charge in [-0.25, -0.2) is 9.97 Å². The molecule has 1 fully saturated rings. The standard InChI is InChI=1S/C21H22N6O2/c1-14-23-18-15(8-9-22-19(18)25(14)2)20(28)26-10-5-11-27(13-12-26)21-24-16-6-3-4-7-17(16)29-21/h3-4,6-9H,5,10-13H2,1-2H3. The van der Waals surface area contributed by atoms with Gasteiger partial charge >= 0.3 is 0 Å². The summed E-state index contributed by atoms with van der Waals surface area (Å²) in [5.41, 5.74) is 3.64. The zero-order chi connectivity index (χ0) is 20.0. The molecule has 1 saturated heterocycles. The van der Waals surface area contributed by atoms with Gasteiger partial charge in [-0.05, 0) is 31.5 Å². The molecule has 0 atom stereocenters. The van der Waals surface area contributed by atoms with Crippen molar-refractivity contribution in [3.63, 3.8) is 0 Å². The Kier molecular flexibility index (Phi) is 4.19. The van der Waals surface area contributed by atoms with E-state index >= 15 is 0 Å². The maximum Gasteiger partial charge on any atom is 0.298 e. The van der Waals surface area contributed by atoms with Crippen molar-refractivity contribution in [3.05, 3.63) is 47.9 Å². The van der Waals surface area contributed by atoms with Crippen molar-refractivity contribution >= 4 is 34.2 Å². The molecule has 8 heteroatoms. The summed E-state index contributed by atoms with van der Waals surface area (Å²) in [5.74, 6) is 0.834. The number of carbonyl (C=O) groups is 1. The number of fused-ring (bicyclic) bond motifs is 2. The van der Waals surface area contributed by atoms with Gasteiger partial charge in [0.2, 0.25) is 0 Å². The fourth-order valence-electron chi connectivity index (χ4n) is 3.84. The molecule has 4 aromatic rings. The van der Waals surface area contributed by atoms with Gasteiger partial charge in [0.1, 0.15) is 16.9 Å². The molecule has 8 nitrogen and oxygen atoms in total. The van der Waals surface area contributed by atoms with E-state index in [-0.39, 0.29) is 5.91 Å². The Bertz CT molecular complexity index is 1180. The molecule has 1 aliphatic heterocycles. The quantitative estimate of drug-likeness (QED) is 0.524. The predicted octanol–water partition coefficient (Wildman–Crippen LogP) is 2.77. The number of pyridine rings is 1. The molecule has 0 N–H and O–H groups in total. The van der Waals surface area contributed by atoms with Crippen LogP contribution in [-0.4, -0.2) is 56.5 Å². The van der Waals surface area contributed by atoms with Gasteiger partial charge in [-0.15, -0.1) is 0 Å². The molecule has 1 aromatic carbocycles. The number of carbonyl (C=O) groups excluding carboxylic acids is 1. The number of rotatable bonds is 2. The molecule has 0 aliphatic carbocycles. The molecule has 0 saturated carbocycles. The third-order valence-electron chi connectivity index (χ3n) is 5.55. The highest BCUT2D eigenvalue weighted by Crippen LogP contribution is 2.24. The second-order valence-corrected chi connectivity index (χ2v) is 7.35. The fraction of sp³-hybridized carbons (Fsp3) is 0.333. The Hall–Kier alpha value is -3.42. The molecule has 148 valence electrons. The van der Waals surface area contributed by atoms with Crippen LogP contribution in [0.5, 0.6) is 0 Å². The first kappa shape index (κ1) is 17.7. The van der Waals surface area contributed by atoms with E-state index in [1.807, 2.05) is 47.7 Å². The number of anilines is 1. The molecule has 0 radical (unpaired) electrons. The summed E-state index contributed by atoms with van der Waals surface area (Å²) in [7, 11) is 1.91. The number of amides is 1. The van der Waals surface area contributed by atoms with Crippen molar-refractivity contribution in [2.45, 2.75) is 13.3 Å². The largest absolute Gasteiger partial charge is 0.423 e. The van der Waals surface area contributed by atoms with Gasteiger partial charge in [0.25, 0.3) is 11.9 Å². The Morgan fingerprint density at radius 1 is 1.07 bits per heavy atom. The van der Waals surface area contributed by atoms with Crippen LogP contribution in [-0.2, 0) is 7.05 Å². The minimum Gasteiger partial charge on any atom is -0.423 e. The molecule has 0 unspecified atom stereocenters. The lowest BCUT2D eigenvalue weighted by atomic mass is 10.2. The highest BCUT2D eigenvalue weighted by Gasteiger charge is 2.25. The summed E-state index contributed by atoms with van der Waals surface area (Å²) < 4.78 is 7.81. The van der Waals surface area contributed by atoms with Crippen LogP contribution in [0.2, 0.25) is 0 Å². The lowest BCUT2D eigenvalue weighted by molar-refractivity contribution is 0.0768. The zero-order valence-corrected chi connectivity index (χ0v) is 16.5. The number of hydrogen-bond acceptors (Lipinski definition) is 6. The van der Waals surface area contributed by atoms with Crippen LogP contribution in [0.15, 0.2) is 40.9 Å². The Balaban J connectivity index is 1.38. The molecule has 4 heterocycles. The summed E-state index contributed by atoms with van der Waals surface area (Å²) in [4.78, 5) is 30.8. The first-order chi connectivity index (χ1) is 14.1. The maximum atomic E-state index is 13.3. The van der Waals surface area contributed by atoms with Crippen LogP contribution in [0.1, 0.15) is 22.6 Å². The third-order valence-corrected chi connectivity index (χ3v) is 5.55. The van der Waals surface area contributed by atoms with Crippen molar-refractivity contribution in [3.8, 4) is 0 Å². The van der Waals surface area contributed by atoms with E-state index in [0.29, 0.717) is 36.7 Å². The van der Waals surface area contributed by atoms with E-state index in [2.05, 4.69) is 19.9 Å². The van der Waals surface area contributed by atoms with Crippen molar-refractivity contribution < 1.29 is 9.21 Å². The SMILES string of the molecule is Cc1nc2c(C(=O)N3CCCN(c4nc5ccccc5o4)CC3)ccnc2n1C. The molecular formula is C21H22N6O2. The fourth-order valence-corrected chi connectivity index (χ4v) is 3.84. The van der Waals surface area contributed by atoms with Crippen LogP contribution in [0.25, 0.3) is 22.3 Å². The normalized spacial score (nSPS) is 15.2. The van der Waals surface area contributed by atoms with Crippen molar-refractivity contribution in [1.29, 1.82) is 0 Å². The van der Waals surface area contributed by atoms with Crippen LogP contribution in [0, 0.1) is 6.92 Å². The zero-order valence-electron chi connectivity index (χ0n) is 16.5. The monoisotopic (exact) mass is 390 g/mol. The van der Waals surface area contributed by atoms with E-state index < -0.39 is 0 Å². The van der Waals surface area contributed by atoms with E-state index in [1.54, 1.807) is 12.3 Å². The maximum absolute atomic E-state index is 13.3. The number of hydrogen-bond donors (Lipinski definition) is 0. The molecule has 3 aromatic heterocycles. The number of imidazole rings is 1. The second-order valence-electron chi connectivity index (χ2n) is 7.35. The first-order valence-electron chi connectivity index (χ1n) is 9.79. The number of para-hydroxylation sites is 2. The Labute approximate surface area is 167 Å². The van der Waals surface area contributed by atoms with E-state index in [0.717, 1.165) is 35.5 Å². The van der Waals surface area contributed by atoms with Gasteiger partial charge in [0.15, 0.2) is 11.2 Å². The van der Waals surface area contributed by atoms with Crippen LogP contribution in [0.3, 0.4) is 0 Å². The molecule has 5 rings (SSSR count). The second kappa shape index (κ2) is 6.88. The lowest BCUT2D eigenvalue weighted by Gasteiger charge is -2.21. The van der Waals surface area contributed by atoms with E-state index in [4.69, 9.17) is 4.42 Å². The van der Waals surface area contributed by atoms with Gasteiger partial charge in [0, 0.05) is 39.4 Å². The summed E-state index contributed by atoms with van der Waals surface area (Å²) in [6.07, 6.45) is 2.53. The van der Waals surface area contributed by atoms with Gasteiger partial charge in [-0.3, -0.25) is 4.79 Å². The van der Waals surface area contributed by atoms with Crippen molar-refractivity contribution in [2.75, 3.05) is 31.1 Å². The summed E-state index contributed by atoms with van der Waals surface area (Å²) in [5, 5.41) is 0. The molecule has 29 heavy (non-hydrogen) atoms. The molecule has 1 amide bonds. The summed E-state index contributed by atoms with van der Waals surface area (Å²) in [6.45, 7) is 4.68. The number of benzene rings is 1. The molecule has 0 spiro atoms. The average molecular weight is 390 g/mol. The lowest BCUT2D eigenvalue weighted by Crippen LogP contribution is -2.35. The van der Waals surface area contributed by atoms with Crippen LogP contribution < -0.4 is 4.90 Å². The minimum absolute atomic E-state index is 0.00471. The molecular weight excluding hydrogens is 368 g/mol. The van der Waals surface area contributed by atoms with Crippen LogP contribution >= 0.6 is 0 Å². The third kappa shape index (κ3) is 3.00. The van der Waals surface area contributed by atoms with Crippen LogP contribution in [0.4, 0.5) is 6.01 Å². The van der Waals surface area contributed by atoms with Crippen molar-refractivity contribution in [2.24, 2.45) is 7.05 Å². The average Bonchev–Trinajstić information content (AvgIpc) is 3.18. The number of aryl methyl sites for hydroxylation is 2. The van der Waals surface area contributed by atoms with Gasteiger partial charge in [-0.2, -0.15) is 4.98 Å². The smallest absolute Gasteiger partial charge is 0.298 e. The van der Waals surface area contributed by atoms with Gasteiger partial charge in [0.05, 0.1) is 5.56 Å². The van der Waals surface area contributed by atoms with E-state index in [9.17, 15) is 4.79 Å². The summed E-state index contributed by atoms with van der Waals surface area (Å²) >= 11 is 0. The predicted molar refractivity (Wildman–Crippen MR) is 110 cm³/mol. The highest BCUT2D eigenvalue weighted by atomic mass is 16.4. The topological polar surface area (TPSA) is 80.3 Å². The minimum atomic E-state index is -0.00471. The van der Waals surface area contributed by atoms with Gasteiger partial charge < -0.3 is 18.8 Å². The number of oxazole rings is 1. The van der Waals surface area contributed by atoms with Crippen molar-refractivity contribution in [1.82, 2.24) is 24.4 Å². The number of nitrogens with zero attached hydrogens (tertiary/aromatic N) is 6. The number of aromatic nitrogens is 4. The Morgan fingerprint density at radius 3 is 2.79 bits per heavy atom. The van der Waals surface area contributed by atoms with E-state index in [1.165, 1.54) is 0 Å². The first-order valence-corrected chi connectivity index (χ1v) is 9.79.